The van der Waals surface area contributed by atoms with Crippen molar-refractivity contribution in [3.63, 3.8) is 0 Å². The quantitative estimate of drug-likeness (QED) is 0.648. The number of nitrogens with zero attached hydrogens (tertiary/aromatic N) is 2. The van der Waals surface area contributed by atoms with Gasteiger partial charge in [0.05, 0.1) is 11.2 Å². The Hall–Kier alpha value is -1.38. The fraction of sp³-hybridized carbons (Fsp3) is 0.417. The van der Waals surface area contributed by atoms with Crippen LogP contribution in [-0.2, 0) is 12.5 Å². The lowest BCUT2D eigenvalue weighted by atomic mass is 9.90. The first-order valence-electron chi connectivity index (χ1n) is 5.02. The molecule has 0 unspecified atom stereocenters. The lowest BCUT2D eigenvalue weighted by molar-refractivity contribution is 0.558. The zero-order valence-corrected chi connectivity index (χ0v) is 9.50. The van der Waals surface area contributed by atoms with Gasteiger partial charge in [0.2, 0.25) is 0 Å². The van der Waals surface area contributed by atoms with Crippen LogP contribution >= 0.6 is 0 Å². The molecule has 2 aromatic rings. The van der Waals surface area contributed by atoms with Gasteiger partial charge in [0.1, 0.15) is 5.82 Å². The predicted octanol–water partition coefficient (Wildman–Crippen LogP) is 3.01. The van der Waals surface area contributed by atoms with E-state index in [2.05, 4.69) is 25.9 Å². The summed E-state index contributed by atoms with van der Waals surface area (Å²) in [6, 6.07) is 4.80. The maximum absolute atomic E-state index is 13.2. The summed E-state index contributed by atoms with van der Waals surface area (Å²) in [5.74, 6) is -0.207. The minimum absolute atomic E-state index is 0.0622. The molecule has 1 heterocycles. The third-order valence-corrected chi connectivity index (χ3v) is 2.52. The number of aryl methyl sites for hydroxylation is 1. The molecule has 80 valence electrons. The van der Waals surface area contributed by atoms with Gasteiger partial charge in [-0.05, 0) is 18.2 Å². The molecule has 0 bridgehead atoms. The third-order valence-electron chi connectivity index (χ3n) is 2.52. The molecule has 0 saturated carbocycles. The highest BCUT2D eigenvalue weighted by molar-refractivity contribution is 5.82. The number of rotatable bonds is 0. The largest absolute Gasteiger partial charge is 0.268 e. The smallest absolute Gasteiger partial charge is 0.124 e. The highest BCUT2D eigenvalue weighted by Gasteiger charge is 2.21. The molecule has 0 saturated heterocycles. The minimum atomic E-state index is -0.207. The maximum Gasteiger partial charge on any atom is 0.124 e. The molecule has 0 spiro atoms. The topological polar surface area (TPSA) is 17.8 Å². The Morgan fingerprint density at radius 3 is 2.53 bits per heavy atom. The van der Waals surface area contributed by atoms with Crippen molar-refractivity contribution in [2.24, 2.45) is 7.05 Å². The first kappa shape index (κ1) is 10.1. The summed E-state index contributed by atoms with van der Waals surface area (Å²) in [5, 5.41) is 5.36. The average Bonchev–Trinajstić information content (AvgIpc) is 2.42. The van der Waals surface area contributed by atoms with E-state index in [1.54, 1.807) is 16.8 Å². The Labute approximate surface area is 88.7 Å². The van der Waals surface area contributed by atoms with Gasteiger partial charge in [-0.3, -0.25) is 4.68 Å². The van der Waals surface area contributed by atoms with Crippen LogP contribution in [0.3, 0.4) is 0 Å². The van der Waals surface area contributed by atoms with E-state index in [1.165, 1.54) is 6.07 Å². The van der Waals surface area contributed by atoms with Crippen LogP contribution in [0.4, 0.5) is 4.39 Å². The van der Waals surface area contributed by atoms with Gasteiger partial charge in [-0.15, -0.1) is 0 Å². The molecule has 0 amide bonds. The zero-order chi connectivity index (χ0) is 11.2. The Bertz CT molecular complexity index is 506. The number of fused-ring (bicyclic) bond motifs is 1. The van der Waals surface area contributed by atoms with Crippen molar-refractivity contribution in [1.82, 2.24) is 9.78 Å². The summed E-state index contributed by atoms with van der Waals surface area (Å²) in [7, 11) is 1.88. The van der Waals surface area contributed by atoms with Crippen molar-refractivity contribution in [2.45, 2.75) is 26.2 Å². The molecule has 0 N–H and O–H groups in total. The molecular formula is C12H15FN2. The SMILES string of the molecule is Cn1nc(C(C)(C)C)c2cc(F)ccc21. The van der Waals surface area contributed by atoms with Gasteiger partial charge in [0.15, 0.2) is 0 Å². The van der Waals surface area contributed by atoms with Crippen LogP contribution in [-0.4, -0.2) is 9.78 Å². The third kappa shape index (κ3) is 1.62. The first-order chi connectivity index (χ1) is 6.89. The molecule has 1 aromatic heterocycles. The van der Waals surface area contributed by atoms with Gasteiger partial charge in [-0.1, -0.05) is 20.8 Å². The van der Waals surface area contributed by atoms with Crippen LogP contribution < -0.4 is 0 Å². The van der Waals surface area contributed by atoms with Gasteiger partial charge in [0, 0.05) is 17.8 Å². The second-order valence-electron chi connectivity index (χ2n) is 4.88. The van der Waals surface area contributed by atoms with E-state index >= 15 is 0 Å². The number of hydrogen-bond acceptors (Lipinski definition) is 1. The summed E-state index contributed by atoms with van der Waals surface area (Å²) in [4.78, 5) is 0. The fourth-order valence-corrected chi connectivity index (χ4v) is 1.79. The second kappa shape index (κ2) is 3.05. The number of halogens is 1. The van der Waals surface area contributed by atoms with Crippen molar-refractivity contribution in [3.8, 4) is 0 Å². The monoisotopic (exact) mass is 206 g/mol. The van der Waals surface area contributed by atoms with Gasteiger partial charge in [0.25, 0.3) is 0 Å². The van der Waals surface area contributed by atoms with E-state index in [1.807, 2.05) is 7.05 Å². The Morgan fingerprint density at radius 2 is 1.93 bits per heavy atom. The van der Waals surface area contributed by atoms with E-state index in [4.69, 9.17) is 0 Å². The highest BCUT2D eigenvalue weighted by Crippen LogP contribution is 2.29. The molecule has 15 heavy (non-hydrogen) atoms. The number of benzene rings is 1. The van der Waals surface area contributed by atoms with Crippen LogP contribution in [0.15, 0.2) is 18.2 Å². The van der Waals surface area contributed by atoms with E-state index < -0.39 is 0 Å². The van der Waals surface area contributed by atoms with E-state index in [-0.39, 0.29) is 11.2 Å². The summed E-state index contributed by atoms with van der Waals surface area (Å²) in [6.07, 6.45) is 0. The molecule has 0 aliphatic heterocycles. The lowest BCUT2D eigenvalue weighted by Gasteiger charge is -2.15. The molecule has 0 aliphatic carbocycles. The summed E-state index contributed by atoms with van der Waals surface area (Å²) < 4.78 is 15.0. The molecule has 0 aliphatic rings. The summed E-state index contributed by atoms with van der Waals surface area (Å²) >= 11 is 0. The van der Waals surface area contributed by atoms with Gasteiger partial charge < -0.3 is 0 Å². The number of aromatic nitrogens is 2. The average molecular weight is 206 g/mol. The molecule has 2 nitrogen and oxygen atoms in total. The molecular weight excluding hydrogens is 191 g/mol. The molecule has 0 radical (unpaired) electrons. The van der Waals surface area contributed by atoms with Crippen LogP contribution in [0.25, 0.3) is 10.9 Å². The molecule has 0 atom stereocenters. The fourth-order valence-electron chi connectivity index (χ4n) is 1.79. The van der Waals surface area contributed by atoms with E-state index in [0.29, 0.717) is 0 Å². The van der Waals surface area contributed by atoms with Crippen LogP contribution in [0.2, 0.25) is 0 Å². The Balaban J connectivity index is 2.81. The molecule has 0 fully saturated rings. The van der Waals surface area contributed by atoms with Gasteiger partial charge in [-0.2, -0.15) is 5.10 Å². The Morgan fingerprint density at radius 1 is 1.27 bits per heavy atom. The minimum Gasteiger partial charge on any atom is -0.268 e. The van der Waals surface area contributed by atoms with Crippen molar-refractivity contribution < 1.29 is 4.39 Å². The lowest BCUT2D eigenvalue weighted by Crippen LogP contribution is -2.12. The summed E-state index contributed by atoms with van der Waals surface area (Å²) in [5.41, 5.74) is 1.86. The first-order valence-corrected chi connectivity index (χ1v) is 5.02. The van der Waals surface area contributed by atoms with Crippen molar-refractivity contribution in [3.05, 3.63) is 29.7 Å². The normalized spacial score (nSPS) is 12.3. The molecule has 1 aromatic carbocycles. The van der Waals surface area contributed by atoms with E-state index in [9.17, 15) is 4.39 Å². The van der Waals surface area contributed by atoms with Crippen LogP contribution in [0.1, 0.15) is 26.5 Å². The predicted molar refractivity (Wildman–Crippen MR) is 59.4 cm³/mol. The van der Waals surface area contributed by atoms with Gasteiger partial charge >= 0.3 is 0 Å². The van der Waals surface area contributed by atoms with Crippen molar-refractivity contribution >= 4 is 10.9 Å². The highest BCUT2D eigenvalue weighted by atomic mass is 19.1. The summed E-state index contributed by atoms with van der Waals surface area (Å²) in [6.45, 7) is 6.25. The van der Waals surface area contributed by atoms with Crippen molar-refractivity contribution in [2.75, 3.05) is 0 Å². The zero-order valence-electron chi connectivity index (χ0n) is 9.50. The Kier molecular flexibility index (Phi) is 2.07. The second-order valence-corrected chi connectivity index (χ2v) is 4.88. The molecule has 3 heteroatoms. The number of hydrogen-bond donors (Lipinski definition) is 0. The maximum atomic E-state index is 13.2. The molecule has 2 rings (SSSR count). The van der Waals surface area contributed by atoms with Crippen molar-refractivity contribution in [1.29, 1.82) is 0 Å². The van der Waals surface area contributed by atoms with Gasteiger partial charge in [-0.25, -0.2) is 4.39 Å². The van der Waals surface area contributed by atoms with Crippen LogP contribution in [0, 0.1) is 5.82 Å². The van der Waals surface area contributed by atoms with E-state index in [0.717, 1.165) is 16.6 Å². The van der Waals surface area contributed by atoms with Crippen LogP contribution in [0.5, 0.6) is 0 Å². The standard InChI is InChI=1S/C12H15FN2/c1-12(2,3)11-9-7-8(13)5-6-10(9)15(4)14-11/h5-7H,1-4H3.